The molecule has 4 nitrogen and oxygen atoms in total. The maximum absolute atomic E-state index is 8.98. The summed E-state index contributed by atoms with van der Waals surface area (Å²) in [5.41, 5.74) is 1.17. The van der Waals surface area contributed by atoms with Crippen LogP contribution in [0.5, 0.6) is 0 Å². The van der Waals surface area contributed by atoms with Gasteiger partial charge in [0.05, 0.1) is 19.3 Å². The van der Waals surface area contributed by atoms with E-state index in [0.717, 1.165) is 13.0 Å². The highest BCUT2D eigenvalue weighted by molar-refractivity contribution is 5.08. The minimum atomic E-state index is -0.165. The van der Waals surface area contributed by atoms with Crippen LogP contribution >= 0.6 is 0 Å². The van der Waals surface area contributed by atoms with Crippen molar-refractivity contribution in [2.45, 2.75) is 12.5 Å². The third-order valence-electron chi connectivity index (χ3n) is 2.52. The fraction of sp³-hybridized carbons (Fsp3) is 0.545. The Bertz CT molecular complexity index is 263. The number of aromatic nitrogens is 1. The van der Waals surface area contributed by atoms with Crippen molar-refractivity contribution in [2.75, 3.05) is 26.8 Å². The summed E-state index contributed by atoms with van der Waals surface area (Å²) in [4.78, 5) is 5.98. The number of pyridine rings is 1. The number of hydrogen-bond donors (Lipinski definition) is 2. The largest absolute Gasteiger partial charge is 0.395 e. The van der Waals surface area contributed by atoms with Crippen LogP contribution in [0, 0.1) is 0 Å². The van der Waals surface area contributed by atoms with E-state index in [2.05, 4.69) is 4.98 Å². The predicted molar refractivity (Wildman–Crippen MR) is 58.5 cm³/mol. The van der Waals surface area contributed by atoms with Gasteiger partial charge < -0.3 is 10.2 Å². The molecule has 1 rings (SSSR count). The van der Waals surface area contributed by atoms with Crippen LogP contribution in [0.2, 0.25) is 0 Å². The van der Waals surface area contributed by atoms with E-state index in [9.17, 15) is 0 Å². The lowest BCUT2D eigenvalue weighted by atomic mass is 10.2. The normalized spacial score (nSPS) is 11.3. The van der Waals surface area contributed by atoms with E-state index in [1.165, 1.54) is 5.56 Å². The fourth-order valence-electron chi connectivity index (χ4n) is 1.37. The Labute approximate surface area is 90.2 Å². The molecule has 0 radical (unpaired) electrons. The van der Waals surface area contributed by atoms with Gasteiger partial charge >= 0.3 is 0 Å². The van der Waals surface area contributed by atoms with Crippen molar-refractivity contribution in [3.63, 3.8) is 0 Å². The first-order valence-electron chi connectivity index (χ1n) is 5.08. The molecule has 0 bridgehead atoms. The van der Waals surface area contributed by atoms with E-state index in [1.54, 1.807) is 6.20 Å². The highest BCUT2D eigenvalue weighted by atomic mass is 16.3. The second-order valence-corrected chi connectivity index (χ2v) is 3.61. The van der Waals surface area contributed by atoms with Crippen molar-refractivity contribution in [3.05, 3.63) is 30.1 Å². The van der Waals surface area contributed by atoms with Gasteiger partial charge in [-0.15, -0.1) is 0 Å². The van der Waals surface area contributed by atoms with Gasteiger partial charge in [0.25, 0.3) is 0 Å². The highest BCUT2D eigenvalue weighted by Gasteiger charge is 2.11. The van der Waals surface area contributed by atoms with Gasteiger partial charge in [0.15, 0.2) is 0 Å². The van der Waals surface area contributed by atoms with Gasteiger partial charge in [-0.3, -0.25) is 9.88 Å². The molecule has 1 aromatic rings. The smallest absolute Gasteiger partial charge is 0.0609 e. The zero-order valence-corrected chi connectivity index (χ0v) is 9.00. The van der Waals surface area contributed by atoms with E-state index < -0.39 is 0 Å². The number of hydrogen-bond acceptors (Lipinski definition) is 4. The lowest BCUT2D eigenvalue weighted by Crippen LogP contribution is -2.38. The van der Waals surface area contributed by atoms with Crippen molar-refractivity contribution >= 4 is 0 Å². The lowest BCUT2D eigenvalue weighted by Gasteiger charge is -2.24. The molecule has 0 unspecified atom stereocenters. The highest BCUT2D eigenvalue weighted by Crippen LogP contribution is 2.01. The van der Waals surface area contributed by atoms with E-state index in [0.29, 0.717) is 0 Å². The summed E-state index contributed by atoms with van der Waals surface area (Å²) in [6.07, 6.45) is 4.46. The molecule has 0 aromatic carbocycles. The molecule has 1 aromatic heterocycles. The number of likely N-dealkylation sites (N-methyl/N-ethyl adjacent to an activating group) is 1. The molecule has 84 valence electrons. The van der Waals surface area contributed by atoms with Gasteiger partial charge in [-0.1, -0.05) is 6.07 Å². The van der Waals surface area contributed by atoms with Crippen LogP contribution in [0.25, 0.3) is 0 Å². The summed E-state index contributed by atoms with van der Waals surface area (Å²) in [6.45, 7) is 0.775. The Morgan fingerprint density at radius 3 is 2.67 bits per heavy atom. The van der Waals surface area contributed by atoms with Crippen molar-refractivity contribution in [2.24, 2.45) is 0 Å². The molecule has 0 atom stereocenters. The first kappa shape index (κ1) is 12.1. The molecular weight excluding hydrogens is 192 g/mol. The van der Waals surface area contributed by atoms with E-state index in [4.69, 9.17) is 10.2 Å². The van der Waals surface area contributed by atoms with Gasteiger partial charge in [0.2, 0.25) is 0 Å². The quantitative estimate of drug-likeness (QED) is 0.689. The lowest BCUT2D eigenvalue weighted by molar-refractivity contribution is 0.0925. The first-order chi connectivity index (χ1) is 7.27. The van der Waals surface area contributed by atoms with Crippen LogP contribution in [0.1, 0.15) is 5.56 Å². The molecule has 0 aliphatic rings. The molecular formula is C11H18N2O2. The van der Waals surface area contributed by atoms with Crippen LogP contribution in [0.4, 0.5) is 0 Å². The number of aliphatic hydroxyl groups is 2. The van der Waals surface area contributed by atoms with Crippen LogP contribution < -0.4 is 0 Å². The van der Waals surface area contributed by atoms with Crippen molar-refractivity contribution in [1.29, 1.82) is 0 Å². The number of aliphatic hydroxyl groups excluding tert-OH is 2. The Kier molecular flexibility index (Phi) is 5.25. The van der Waals surface area contributed by atoms with Crippen molar-refractivity contribution in [3.8, 4) is 0 Å². The van der Waals surface area contributed by atoms with Crippen LogP contribution in [-0.4, -0.2) is 52.9 Å². The summed E-state index contributed by atoms with van der Waals surface area (Å²) in [6, 6.07) is 3.76. The maximum Gasteiger partial charge on any atom is 0.0609 e. The zero-order valence-electron chi connectivity index (χ0n) is 9.00. The second-order valence-electron chi connectivity index (χ2n) is 3.61. The van der Waals surface area contributed by atoms with Crippen molar-refractivity contribution < 1.29 is 10.2 Å². The summed E-state index contributed by atoms with van der Waals surface area (Å²) in [5.74, 6) is 0. The first-order valence-corrected chi connectivity index (χ1v) is 5.08. The second kappa shape index (κ2) is 6.50. The zero-order chi connectivity index (χ0) is 11.1. The topological polar surface area (TPSA) is 56.6 Å². The molecule has 0 amide bonds. The Morgan fingerprint density at radius 2 is 2.13 bits per heavy atom. The fourth-order valence-corrected chi connectivity index (χ4v) is 1.37. The van der Waals surface area contributed by atoms with Gasteiger partial charge in [0, 0.05) is 18.9 Å². The standard InChI is InChI=1S/C11H18N2O2/c1-13(11(8-14)9-15)6-4-10-3-2-5-12-7-10/h2-3,5,7,11,14-15H,4,6,8-9H2,1H3. The minimum Gasteiger partial charge on any atom is -0.395 e. The van der Waals surface area contributed by atoms with Gasteiger partial charge in [0.1, 0.15) is 0 Å². The van der Waals surface area contributed by atoms with Crippen LogP contribution in [0.15, 0.2) is 24.5 Å². The van der Waals surface area contributed by atoms with Crippen molar-refractivity contribution in [1.82, 2.24) is 9.88 Å². The monoisotopic (exact) mass is 210 g/mol. The summed E-state index contributed by atoms with van der Waals surface area (Å²) in [5, 5.41) is 18.0. The average Bonchev–Trinajstić information content (AvgIpc) is 2.29. The Morgan fingerprint density at radius 1 is 1.40 bits per heavy atom. The summed E-state index contributed by atoms with van der Waals surface area (Å²) < 4.78 is 0. The van der Waals surface area contributed by atoms with Crippen LogP contribution in [0.3, 0.4) is 0 Å². The predicted octanol–water partition coefficient (Wildman–Crippen LogP) is -0.0909. The third kappa shape index (κ3) is 3.95. The average molecular weight is 210 g/mol. The molecule has 4 heteroatoms. The number of rotatable bonds is 6. The van der Waals surface area contributed by atoms with Gasteiger partial charge in [-0.2, -0.15) is 0 Å². The molecule has 15 heavy (non-hydrogen) atoms. The molecule has 0 aliphatic heterocycles. The Balaban J connectivity index is 2.36. The van der Waals surface area contributed by atoms with Gasteiger partial charge in [-0.05, 0) is 25.1 Å². The SMILES string of the molecule is CN(CCc1cccnc1)C(CO)CO. The molecule has 0 spiro atoms. The minimum absolute atomic E-state index is 0.0138. The molecule has 1 heterocycles. The van der Waals surface area contributed by atoms with Crippen LogP contribution in [-0.2, 0) is 6.42 Å². The maximum atomic E-state index is 8.98. The third-order valence-corrected chi connectivity index (χ3v) is 2.52. The van der Waals surface area contributed by atoms with E-state index in [1.807, 2.05) is 30.3 Å². The molecule has 0 saturated heterocycles. The van der Waals surface area contributed by atoms with E-state index in [-0.39, 0.29) is 19.3 Å². The van der Waals surface area contributed by atoms with E-state index >= 15 is 0 Å². The molecule has 0 aliphatic carbocycles. The van der Waals surface area contributed by atoms with Gasteiger partial charge in [-0.25, -0.2) is 0 Å². The summed E-state index contributed by atoms with van der Waals surface area (Å²) >= 11 is 0. The molecule has 0 saturated carbocycles. The molecule has 0 fully saturated rings. The number of nitrogens with zero attached hydrogens (tertiary/aromatic N) is 2. The Hall–Kier alpha value is -0.970. The summed E-state index contributed by atoms with van der Waals surface area (Å²) in [7, 11) is 1.90. The molecule has 2 N–H and O–H groups in total.